The zero-order chi connectivity index (χ0) is 15.0. The van der Waals surface area contributed by atoms with Gasteiger partial charge in [0.15, 0.2) is 0 Å². The third kappa shape index (κ3) is 2.50. The number of amidine groups is 1. The number of nitrogens with one attached hydrogen (secondary N) is 1. The highest BCUT2D eigenvalue weighted by Gasteiger charge is 2.41. The van der Waals surface area contributed by atoms with Gasteiger partial charge < -0.3 is 14.8 Å². The molecule has 1 aliphatic carbocycles. The van der Waals surface area contributed by atoms with E-state index >= 15 is 0 Å². The van der Waals surface area contributed by atoms with Crippen LogP contribution in [0.25, 0.3) is 0 Å². The third-order valence-corrected chi connectivity index (χ3v) is 5.13. The van der Waals surface area contributed by atoms with E-state index in [9.17, 15) is 0 Å². The second kappa shape index (κ2) is 5.64. The van der Waals surface area contributed by atoms with Crippen LogP contribution in [0.15, 0.2) is 22.2 Å². The SMILES string of the molecule is C=Nc1[nH]ccc1C(=NC)N(C)C1CC2CN(C)C[C@@H]2C1. The number of hydrogen-bond acceptors (Lipinski definition) is 3. The van der Waals surface area contributed by atoms with Crippen molar-refractivity contribution in [3.05, 3.63) is 17.8 Å². The van der Waals surface area contributed by atoms with Gasteiger partial charge in [0.2, 0.25) is 0 Å². The first-order valence-corrected chi connectivity index (χ1v) is 7.66. The van der Waals surface area contributed by atoms with Gasteiger partial charge in [0.05, 0.1) is 5.56 Å². The van der Waals surface area contributed by atoms with E-state index in [2.05, 4.69) is 45.6 Å². The molecule has 2 aliphatic rings. The third-order valence-electron chi connectivity index (χ3n) is 5.13. The summed E-state index contributed by atoms with van der Waals surface area (Å²) in [6, 6.07) is 2.62. The number of likely N-dealkylation sites (tertiary alicyclic amines) is 1. The van der Waals surface area contributed by atoms with Gasteiger partial charge in [-0.05, 0) is 44.5 Å². The molecule has 2 heterocycles. The van der Waals surface area contributed by atoms with E-state index in [4.69, 9.17) is 0 Å². The monoisotopic (exact) mass is 287 g/mol. The Kier molecular flexibility index (Phi) is 3.85. The molecular weight excluding hydrogens is 262 g/mol. The molecule has 2 unspecified atom stereocenters. The van der Waals surface area contributed by atoms with Crippen LogP contribution in [0, 0.1) is 11.8 Å². The summed E-state index contributed by atoms with van der Waals surface area (Å²) in [5, 5.41) is 0. The summed E-state index contributed by atoms with van der Waals surface area (Å²) >= 11 is 0. The molecule has 0 aromatic carbocycles. The molecule has 1 saturated carbocycles. The fraction of sp³-hybridized carbons (Fsp3) is 0.625. The molecule has 3 rings (SSSR count). The lowest BCUT2D eigenvalue weighted by Gasteiger charge is -2.29. The second-order valence-electron chi connectivity index (χ2n) is 6.42. The lowest BCUT2D eigenvalue weighted by atomic mass is 10.0. The minimum Gasteiger partial charge on any atom is -0.356 e. The molecule has 1 N–H and O–H groups in total. The quantitative estimate of drug-likeness (QED) is 0.683. The first-order chi connectivity index (χ1) is 10.1. The molecule has 114 valence electrons. The Morgan fingerprint density at radius 2 is 2.05 bits per heavy atom. The van der Waals surface area contributed by atoms with Crippen LogP contribution in [0.1, 0.15) is 18.4 Å². The molecule has 0 amide bonds. The lowest BCUT2D eigenvalue weighted by molar-refractivity contribution is 0.311. The van der Waals surface area contributed by atoms with E-state index in [1.807, 2.05) is 19.3 Å². The molecule has 0 bridgehead atoms. The highest BCUT2D eigenvalue weighted by Crippen LogP contribution is 2.39. The highest BCUT2D eigenvalue weighted by atomic mass is 15.2. The zero-order valence-electron chi connectivity index (χ0n) is 13.2. The van der Waals surface area contributed by atoms with Crippen LogP contribution >= 0.6 is 0 Å². The minimum atomic E-state index is 0.583. The zero-order valence-corrected chi connectivity index (χ0v) is 13.2. The van der Waals surface area contributed by atoms with Gasteiger partial charge in [-0.2, -0.15) is 0 Å². The summed E-state index contributed by atoms with van der Waals surface area (Å²) in [6.45, 7) is 6.13. The lowest BCUT2D eigenvalue weighted by Crippen LogP contribution is -2.37. The normalized spacial score (nSPS) is 29.7. The van der Waals surface area contributed by atoms with Crippen LogP contribution in [0.3, 0.4) is 0 Å². The van der Waals surface area contributed by atoms with Gasteiger partial charge >= 0.3 is 0 Å². The first kappa shape index (κ1) is 14.3. The Labute approximate surface area is 126 Å². The van der Waals surface area contributed by atoms with Crippen LogP contribution in [-0.2, 0) is 0 Å². The van der Waals surface area contributed by atoms with Crippen molar-refractivity contribution in [2.45, 2.75) is 18.9 Å². The predicted octanol–water partition coefficient (Wildman–Crippen LogP) is 2.00. The molecule has 1 aromatic heterocycles. The summed E-state index contributed by atoms with van der Waals surface area (Å²) in [5.74, 6) is 3.52. The van der Waals surface area contributed by atoms with Crippen molar-refractivity contribution in [3.8, 4) is 0 Å². The van der Waals surface area contributed by atoms with Gasteiger partial charge in [0.1, 0.15) is 11.7 Å². The average Bonchev–Trinajstić information content (AvgIpc) is 3.13. The summed E-state index contributed by atoms with van der Waals surface area (Å²) < 4.78 is 0. The average molecular weight is 287 g/mol. The van der Waals surface area contributed by atoms with Crippen molar-refractivity contribution in [2.75, 3.05) is 34.2 Å². The molecule has 1 aliphatic heterocycles. The number of H-pyrrole nitrogens is 1. The number of aromatic nitrogens is 1. The molecule has 5 nitrogen and oxygen atoms in total. The smallest absolute Gasteiger partial charge is 0.140 e. The molecule has 21 heavy (non-hydrogen) atoms. The first-order valence-electron chi connectivity index (χ1n) is 7.66. The van der Waals surface area contributed by atoms with Crippen molar-refractivity contribution >= 4 is 18.4 Å². The van der Waals surface area contributed by atoms with Gasteiger partial charge in [-0.15, -0.1) is 0 Å². The molecule has 1 saturated heterocycles. The van der Waals surface area contributed by atoms with Crippen molar-refractivity contribution < 1.29 is 0 Å². The molecule has 2 fully saturated rings. The van der Waals surface area contributed by atoms with Crippen molar-refractivity contribution in [3.63, 3.8) is 0 Å². The van der Waals surface area contributed by atoms with E-state index < -0.39 is 0 Å². The predicted molar refractivity (Wildman–Crippen MR) is 87.7 cm³/mol. The molecule has 0 radical (unpaired) electrons. The van der Waals surface area contributed by atoms with Gasteiger partial charge in [-0.25, -0.2) is 4.99 Å². The number of fused-ring (bicyclic) bond motifs is 1. The van der Waals surface area contributed by atoms with Gasteiger partial charge in [-0.1, -0.05) is 0 Å². The molecule has 1 aromatic rings. The number of hydrogen-bond donors (Lipinski definition) is 1. The maximum Gasteiger partial charge on any atom is 0.140 e. The highest BCUT2D eigenvalue weighted by molar-refractivity contribution is 6.02. The fourth-order valence-corrected chi connectivity index (χ4v) is 4.13. The molecule has 5 heteroatoms. The number of rotatable bonds is 3. The molecule has 3 atom stereocenters. The minimum absolute atomic E-state index is 0.583. The maximum absolute atomic E-state index is 4.52. The largest absolute Gasteiger partial charge is 0.356 e. The fourth-order valence-electron chi connectivity index (χ4n) is 4.13. The van der Waals surface area contributed by atoms with Crippen molar-refractivity contribution in [1.29, 1.82) is 0 Å². The van der Waals surface area contributed by atoms with E-state index in [1.54, 1.807) is 0 Å². The summed E-state index contributed by atoms with van der Waals surface area (Å²) in [6.07, 6.45) is 4.44. The van der Waals surface area contributed by atoms with Crippen LogP contribution in [0.2, 0.25) is 0 Å². The molecular formula is C16H25N5. The maximum atomic E-state index is 4.52. The van der Waals surface area contributed by atoms with Crippen LogP contribution in [0.4, 0.5) is 5.82 Å². The van der Waals surface area contributed by atoms with E-state index in [1.165, 1.54) is 25.9 Å². The van der Waals surface area contributed by atoms with Gasteiger partial charge in [-0.3, -0.25) is 4.99 Å². The van der Waals surface area contributed by atoms with Gasteiger partial charge in [0, 0.05) is 39.4 Å². The Morgan fingerprint density at radius 1 is 1.38 bits per heavy atom. The number of aromatic amines is 1. The van der Waals surface area contributed by atoms with E-state index in [0.717, 1.165) is 29.1 Å². The van der Waals surface area contributed by atoms with Crippen LogP contribution < -0.4 is 0 Å². The standard InChI is InChI=1S/C16H25N5/c1-17-15-14(5-6-19-15)16(18-2)21(4)13-7-11-9-20(3)10-12(11)8-13/h5-6,11-13,19H,1,7-10H2,2-4H3/t11-,12?,13?/m0/s1. The van der Waals surface area contributed by atoms with Crippen molar-refractivity contribution in [1.82, 2.24) is 14.8 Å². The van der Waals surface area contributed by atoms with Crippen molar-refractivity contribution in [2.24, 2.45) is 21.8 Å². The second-order valence-corrected chi connectivity index (χ2v) is 6.42. The van der Waals surface area contributed by atoms with E-state index in [-0.39, 0.29) is 0 Å². The van der Waals surface area contributed by atoms with Crippen LogP contribution in [0.5, 0.6) is 0 Å². The molecule has 0 spiro atoms. The number of nitrogens with zero attached hydrogens (tertiary/aromatic N) is 4. The summed E-state index contributed by atoms with van der Waals surface area (Å²) in [5.41, 5.74) is 1.05. The van der Waals surface area contributed by atoms with E-state index in [0.29, 0.717) is 6.04 Å². The topological polar surface area (TPSA) is 47.0 Å². The van der Waals surface area contributed by atoms with Gasteiger partial charge in [0.25, 0.3) is 0 Å². The summed E-state index contributed by atoms with van der Waals surface area (Å²) in [7, 11) is 6.25. The Morgan fingerprint density at radius 3 is 2.62 bits per heavy atom. The Balaban J connectivity index is 1.76. The Bertz CT molecular complexity index is 533. The Hall–Kier alpha value is -1.62. The number of aliphatic imine (C=N–C) groups is 2. The van der Waals surface area contributed by atoms with Crippen LogP contribution in [-0.4, -0.2) is 67.6 Å². The summed E-state index contributed by atoms with van der Waals surface area (Å²) in [4.78, 5) is 16.5.